The SMILES string of the molecule is Clc1cccc(CNCc2ccco2)c1.O=C(O)C(=O)O. The van der Waals surface area contributed by atoms with Crippen molar-refractivity contribution in [3.05, 3.63) is 59.0 Å². The highest BCUT2D eigenvalue weighted by molar-refractivity contribution is 6.30. The molecule has 0 saturated carbocycles. The van der Waals surface area contributed by atoms with Crippen LogP contribution in [0.2, 0.25) is 5.02 Å². The van der Waals surface area contributed by atoms with Crippen LogP contribution in [0, 0.1) is 0 Å². The van der Waals surface area contributed by atoms with Crippen LogP contribution in [0.4, 0.5) is 0 Å². The molecule has 3 N–H and O–H groups in total. The number of rotatable bonds is 4. The highest BCUT2D eigenvalue weighted by Gasteiger charge is 2.04. The molecule has 21 heavy (non-hydrogen) atoms. The quantitative estimate of drug-likeness (QED) is 0.750. The third kappa shape index (κ3) is 7.14. The molecule has 0 unspecified atom stereocenters. The molecule has 1 aromatic carbocycles. The summed E-state index contributed by atoms with van der Waals surface area (Å²) in [6.45, 7) is 1.53. The second-order valence-corrected chi connectivity index (χ2v) is 4.36. The summed E-state index contributed by atoms with van der Waals surface area (Å²) in [5.74, 6) is -2.71. The molecular formula is C14H14ClNO5. The van der Waals surface area contributed by atoms with Crippen LogP contribution < -0.4 is 5.32 Å². The van der Waals surface area contributed by atoms with Gasteiger partial charge in [-0.15, -0.1) is 0 Å². The summed E-state index contributed by atoms with van der Waals surface area (Å²) >= 11 is 5.88. The van der Waals surface area contributed by atoms with Crippen molar-refractivity contribution in [1.82, 2.24) is 5.32 Å². The monoisotopic (exact) mass is 311 g/mol. The van der Waals surface area contributed by atoms with Gasteiger partial charge >= 0.3 is 11.9 Å². The number of nitrogens with one attached hydrogen (secondary N) is 1. The Balaban J connectivity index is 0.000000315. The summed E-state index contributed by atoms with van der Waals surface area (Å²) in [5.41, 5.74) is 1.18. The van der Waals surface area contributed by atoms with Gasteiger partial charge in [-0.25, -0.2) is 9.59 Å². The van der Waals surface area contributed by atoms with Crippen LogP contribution in [-0.2, 0) is 22.7 Å². The Hall–Kier alpha value is -2.31. The fourth-order valence-electron chi connectivity index (χ4n) is 1.39. The summed E-state index contributed by atoms with van der Waals surface area (Å²) in [7, 11) is 0. The van der Waals surface area contributed by atoms with Crippen LogP contribution in [-0.4, -0.2) is 22.2 Å². The van der Waals surface area contributed by atoms with E-state index in [0.717, 1.165) is 23.9 Å². The number of halogens is 1. The molecule has 7 heteroatoms. The summed E-state index contributed by atoms with van der Waals surface area (Å²) in [6, 6.07) is 11.7. The number of carbonyl (C=O) groups is 2. The van der Waals surface area contributed by atoms with E-state index in [-0.39, 0.29) is 0 Å². The zero-order valence-corrected chi connectivity index (χ0v) is 11.7. The average molecular weight is 312 g/mol. The van der Waals surface area contributed by atoms with E-state index in [2.05, 4.69) is 5.32 Å². The van der Waals surface area contributed by atoms with E-state index in [1.165, 1.54) is 5.56 Å². The third-order valence-electron chi connectivity index (χ3n) is 2.28. The number of furan rings is 1. The Labute approximate surface area is 126 Å². The van der Waals surface area contributed by atoms with Gasteiger partial charge in [-0.05, 0) is 29.8 Å². The van der Waals surface area contributed by atoms with Crippen molar-refractivity contribution in [2.45, 2.75) is 13.1 Å². The predicted molar refractivity (Wildman–Crippen MR) is 76.0 cm³/mol. The molecule has 0 aliphatic rings. The first-order valence-corrected chi connectivity index (χ1v) is 6.30. The predicted octanol–water partition coefficient (Wildman–Crippen LogP) is 2.38. The minimum absolute atomic E-state index is 0.736. The summed E-state index contributed by atoms with van der Waals surface area (Å²) < 4.78 is 5.21. The molecule has 1 aromatic heterocycles. The number of hydrogen-bond donors (Lipinski definition) is 3. The van der Waals surface area contributed by atoms with Gasteiger partial charge in [-0.1, -0.05) is 23.7 Å². The standard InChI is InChI=1S/C12H12ClNO.C2H2O4/c13-11-4-1-3-10(7-11)8-14-9-12-5-2-6-15-12;3-1(4)2(5)6/h1-7,14H,8-9H2;(H,3,4)(H,5,6). The van der Waals surface area contributed by atoms with E-state index in [1.54, 1.807) is 6.26 Å². The van der Waals surface area contributed by atoms with Gasteiger partial charge in [0.15, 0.2) is 0 Å². The van der Waals surface area contributed by atoms with Gasteiger partial charge in [-0.3, -0.25) is 0 Å². The molecule has 0 bridgehead atoms. The number of carboxylic acids is 2. The van der Waals surface area contributed by atoms with Crippen molar-refractivity contribution in [1.29, 1.82) is 0 Å². The minimum Gasteiger partial charge on any atom is -0.473 e. The molecule has 112 valence electrons. The number of benzene rings is 1. The molecule has 2 aromatic rings. The Kier molecular flexibility index (Phi) is 7.00. The Morgan fingerprint density at radius 1 is 1.10 bits per heavy atom. The van der Waals surface area contributed by atoms with Gasteiger partial charge in [0.1, 0.15) is 5.76 Å². The van der Waals surface area contributed by atoms with Gasteiger partial charge in [0.25, 0.3) is 0 Å². The summed E-state index contributed by atoms with van der Waals surface area (Å²) in [6.07, 6.45) is 1.68. The smallest absolute Gasteiger partial charge is 0.414 e. The summed E-state index contributed by atoms with van der Waals surface area (Å²) in [5, 5.41) is 18.8. The number of aliphatic carboxylic acids is 2. The van der Waals surface area contributed by atoms with Gasteiger partial charge < -0.3 is 19.9 Å². The van der Waals surface area contributed by atoms with Crippen LogP contribution in [0.5, 0.6) is 0 Å². The molecule has 1 heterocycles. The van der Waals surface area contributed by atoms with Gasteiger partial charge in [0, 0.05) is 11.6 Å². The second-order valence-electron chi connectivity index (χ2n) is 3.92. The maximum absolute atomic E-state index is 9.10. The fraction of sp³-hybridized carbons (Fsp3) is 0.143. The van der Waals surface area contributed by atoms with Crippen molar-refractivity contribution in [3.63, 3.8) is 0 Å². The molecule has 0 radical (unpaired) electrons. The molecule has 0 saturated heterocycles. The third-order valence-corrected chi connectivity index (χ3v) is 2.52. The first-order chi connectivity index (χ1) is 9.99. The number of carboxylic acid groups (broad SMARTS) is 2. The van der Waals surface area contributed by atoms with E-state index in [0.29, 0.717) is 0 Å². The van der Waals surface area contributed by atoms with E-state index in [1.807, 2.05) is 36.4 Å². The Bertz CT molecular complexity index is 571. The highest BCUT2D eigenvalue weighted by atomic mass is 35.5. The number of hydrogen-bond acceptors (Lipinski definition) is 4. The Morgan fingerprint density at radius 2 is 1.81 bits per heavy atom. The summed E-state index contributed by atoms with van der Waals surface area (Å²) in [4.78, 5) is 18.2. The maximum atomic E-state index is 9.10. The van der Waals surface area contributed by atoms with Crippen molar-refractivity contribution in [2.24, 2.45) is 0 Å². The Morgan fingerprint density at radius 3 is 2.33 bits per heavy atom. The molecule has 2 rings (SSSR count). The van der Waals surface area contributed by atoms with E-state index in [9.17, 15) is 0 Å². The highest BCUT2D eigenvalue weighted by Crippen LogP contribution is 2.10. The van der Waals surface area contributed by atoms with Crippen molar-refractivity contribution >= 4 is 23.5 Å². The van der Waals surface area contributed by atoms with Crippen molar-refractivity contribution < 1.29 is 24.2 Å². The van der Waals surface area contributed by atoms with Crippen molar-refractivity contribution in [2.75, 3.05) is 0 Å². The molecule has 0 aliphatic carbocycles. The largest absolute Gasteiger partial charge is 0.473 e. The molecule has 0 aliphatic heterocycles. The van der Waals surface area contributed by atoms with Crippen LogP contribution in [0.3, 0.4) is 0 Å². The fourth-order valence-corrected chi connectivity index (χ4v) is 1.60. The zero-order valence-electron chi connectivity index (χ0n) is 11.0. The van der Waals surface area contributed by atoms with E-state index in [4.69, 9.17) is 35.8 Å². The zero-order chi connectivity index (χ0) is 15.7. The van der Waals surface area contributed by atoms with E-state index >= 15 is 0 Å². The van der Waals surface area contributed by atoms with Crippen LogP contribution in [0.25, 0.3) is 0 Å². The van der Waals surface area contributed by atoms with Crippen molar-refractivity contribution in [3.8, 4) is 0 Å². The topological polar surface area (TPSA) is 99.8 Å². The van der Waals surface area contributed by atoms with Gasteiger partial charge in [0.05, 0.1) is 12.8 Å². The first-order valence-electron chi connectivity index (χ1n) is 5.93. The molecule has 0 fully saturated rings. The maximum Gasteiger partial charge on any atom is 0.414 e. The van der Waals surface area contributed by atoms with Gasteiger partial charge in [-0.2, -0.15) is 0 Å². The average Bonchev–Trinajstić information content (AvgIpc) is 2.92. The lowest BCUT2D eigenvalue weighted by Crippen LogP contribution is -2.11. The lowest BCUT2D eigenvalue weighted by Gasteiger charge is -2.03. The first kappa shape index (κ1) is 16.7. The molecule has 0 atom stereocenters. The van der Waals surface area contributed by atoms with Crippen LogP contribution >= 0.6 is 11.6 Å². The molecular weight excluding hydrogens is 298 g/mol. The van der Waals surface area contributed by atoms with E-state index < -0.39 is 11.9 Å². The van der Waals surface area contributed by atoms with Crippen LogP contribution in [0.15, 0.2) is 47.1 Å². The minimum atomic E-state index is -1.82. The molecule has 6 nitrogen and oxygen atoms in total. The van der Waals surface area contributed by atoms with Crippen LogP contribution in [0.1, 0.15) is 11.3 Å². The molecule has 0 spiro atoms. The lowest BCUT2D eigenvalue weighted by molar-refractivity contribution is -0.159. The normalized spacial score (nSPS) is 9.57. The second kappa shape index (κ2) is 8.78. The van der Waals surface area contributed by atoms with Gasteiger partial charge in [0.2, 0.25) is 0 Å². The molecule has 0 amide bonds. The lowest BCUT2D eigenvalue weighted by atomic mass is 10.2.